The van der Waals surface area contributed by atoms with Gasteiger partial charge in [0.2, 0.25) is 8.77 Å². The van der Waals surface area contributed by atoms with Crippen LogP contribution in [0.5, 0.6) is 0 Å². The number of rotatable bonds is 21. The van der Waals surface area contributed by atoms with Crippen LogP contribution in [0.3, 0.4) is 0 Å². The topological polar surface area (TPSA) is 18.5 Å². The molecule has 0 bridgehead atoms. The third-order valence-corrected chi connectivity index (χ3v) is 13.6. The van der Waals surface area contributed by atoms with E-state index in [0.29, 0.717) is 32.4 Å². The second-order valence-electron chi connectivity index (χ2n) is 11.3. The number of hydrogen-bond donors (Lipinski definition) is 2. The Morgan fingerprint density at radius 1 is 0.583 bits per heavy atom. The van der Waals surface area contributed by atoms with Crippen molar-refractivity contribution >= 4 is 99.7 Å². The minimum atomic E-state index is -0.367. The zero-order valence-corrected chi connectivity index (χ0v) is 30.2. The molecule has 0 aliphatic carbocycles. The Hall–Kier alpha value is 1.88. The molecule has 0 amide bonds. The summed E-state index contributed by atoms with van der Waals surface area (Å²) >= 11 is 19.3. The molecule has 0 spiro atoms. The summed E-state index contributed by atoms with van der Waals surface area (Å²) in [7, 11) is 7.13. The highest BCUT2D eigenvalue weighted by molar-refractivity contribution is 9.26. The van der Waals surface area contributed by atoms with Gasteiger partial charge in [0, 0.05) is 0 Å². The van der Waals surface area contributed by atoms with E-state index in [-0.39, 0.29) is 9.87 Å². The quantitative estimate of drug-likeness (QED) is 0.0415. The van der Waals surface area contributed by atoms with Gasteiger partial charge in [0.05, 0.1) is 0 Å². The van der Waals surface area contributed by atoms with E-state index in [2.05, 4.69) is 80.6 Å². The van der Waals surface area contributed by atoms with Crippen LogP contribution in [0.4, 0.5) is 0 Å². The third kappa shape index (κ3) is 19.9. The largest absolute Gasteiger partial charge is 0.460 e. The standard InChI is InChI=1S/C26H50O2S8/c1-19(2)11-9-15-25(27-23(29)30,17-13-21(5)6)33-35-36-34-26(28-24(31)32,18-14-22(7)8)16-10-12-20(3)4/h19-22H,9-18H2,1-8H3,(H,29,30)(H,31,32). The molecule has 0 aromatic rings. The van der Waals surface area contributed by atoms with E-state index in [9.17, 15) is 0 Å². The van der Waals surface area contributed by atoms with Crippen LogP contribution in [0.25, 0.3) is 0 Å². The van der Waals surface area contributed by atoms with Crippen molar-refractivity contribution in [3.8, 4) is 0 Å². The van der Waals surface area contributed by atoms with E-state index in [0.717, 1.165) is 51.4 Å². The lowest BCUT2D eigenvalue weighted by molar-refractivity contribution is 0.131. The van der Waals surface area contributed by atoms with E-state index < -0.39 is 0 Å². The van der Waals surface area contributed by atoms with Gasteiger partial charge in [-0.2, -0.15) is 0 Å². The summed E-state index contributed by atoms with van der Waals surface area (Å²) in [6.45, 7) is 18.1. The van der Waals surface area contributed by atoms with Crippen LogP contribution in [0.15, 0.2) is 0 Å². The molecule has 0 radical (unpaired) electrons. The minimum Gasteiger partial charge on any atom is -0.460 e. The molecule has 0 saturated carbocycles. The van der Waals surface area contributed by atoms with Crippen LogP contribution in [0.2, 0.25) is 0 Å². The average molecular weight is 651 g/mol. The van der Waals surface area contributed by atoms with E-state index in [4.69, 9.17) is 33.9 Å². The monoisotopic (exact) mass is 650 g/mol. The molecule has 0 fully saturated rings. The zero-order chi connectivity index (χ0) is 27.8. The fourth-order valence-electron chi connectivity index (χ4n) is 3.70. The summed E-state index contributed by atoms with van der Waals surface area (Å²) in [6, 6.07) is 0. The van der Waals surface area contributed by atoms with Crippen molar-refractivity contribution < 1.29 is 9.47 Å². The maximum Gasteiger partial charge on any atom is 0.218 e. The lowest BCUT2D eigenvalue weighted by Gasteiger charge is -2.35. The van der Waals surface area contributed by atoms with Gasteiger partial charge in [0.1, 0.15) is 0 Å². The van der Waals surface area contributed by atoms with Gasteiger partial charge < -0.3 is 9.47 Å². The van der Waals surface area contributed by atoms with Gasteiger partial charge >= 0.3 is 0 Å². The first kappa shape index (κ1) is 37.9. The molecule has 10 heteroatoms. The number of thiocarbonyl (C=S) groups is 2. The summed E-state index contributed by atoms with van der Waals surface area (Å²) in [5.74, 6) is 2.56. The van der Waals surface area contributed by atoms with Gasteiger partial charge in [0.15, 0.2) is 9.87 Å². The zero-order valence-electron chi connectivity index (χ0n) is 23.5. The molecule has 2 unspecified atom stereocenters. The summed E-state index contributed by atoms with van der Waals surface area (Å²) in [5, 5.41) is 0. The van der Waals surface area contributed by atoms with Gasteiger partial charge in [-0.25, -0.2) is 0 Å². The number of ether oxygens (including phenoxy) is 2. The molecule has 0 aliphatic heterocycles. The second kappa shape index (κ2) is 20.7. The highest BCUT2D eigenvalue weighted by Gasteiger charge is 2.37. The Labute approximate surface area is 260 Å². The maximum absolute atomic E-state index is 6.29. The fraction of sp³-hybridized carbons (Fsp3) is 0.923. The van der Waals surface area contributed by atoms with E-state index in [1.807, 2.05) is 0 Å². The summed E-state index contributed by atoms with van der Waals surface area (Å²) < 4.78 is 13.2. The van der Waals surface area contributed by atoms with E-state index in [1.165, 1.54) is 12.8 Å². The predicted octanol–water partition coefficient (Wildman–Crippen LogP) is 12.0. The first-order valence-corrected chi connectivity index (χ1v) is 19.8. The Morgan fingerprint density at radius 3 is 1.14 bits per heavy atom. The van der Waals surface area contributed by atoms with Crippen molar-refractivity contribution in [1.29, 1.82) is 0 Å². The molecule has 214 valence electrons. The van der Waals surface area contributed by atoms with Crippen molar-refractivity contribution in [2.75, 3.05) is 0 Å². The molecule has 0 saturated heterocycles. The van der Waals surface area contributed by atoms with E-state index in [1.54, 1.807) is 41.2 Å². The molecule has 0 aromatic carbocycles. The van der Waals surface area contributed by atoms with Crippen LogP contribution in [0.1, 0.15) is 120 Å². The van der Waals surface area contributed by atoms with E-state index >= 15 is 0 Å². The fourth-order valence-corrected chi connectivity index (χ4v) is 12.3. The van der Waals surface area contributed by atoms with Gasteiger partial charge in [-0.3, -0.25) is 0 Å². The summed E-state index contributed by atoms with van der Waals surface area (Å²) in [4.78, 5) is -0.734. The van der Waals surface area contributed by atoms with Crippen molar-refractivity contribution in [1.82, 2.24) is 0 Å². The van der Waals surface area contributed by atoms with Gasteiger partial charge in [-0.1, -0.05) is 93.5 Å². The van der Waals surface area contributed by atoms with Crippen LogP contribution < -0.4 is 0 Å². The van der Waals surface area contributed by atoms with Crippen molar-refractivity contribution in [3.63, 3.8) is 0 Å². The molecular weight excluding hydrogens is 601 g/mol. The lowest BCUT2D eigenvalue weighted by Crippen LogP contribution is -2.30. The molecule has 2 atom stereocenters. The first-order valence-electron chi connectivity index (χ1n) is 13.2. The van der Waals surface area contributed by atoms with Crippen LogP contribution in [-0.2, 0) is 9.47 Å². The molecule has 0 N–H and O–H groups in total. The Balaban J connectivity index is 5.51. The maximum atomic E-state index is 6.29. The molecule has 2 nitrogen and oxygen atoms in total. The predicted molar refractivity (Wildman–Crippen MR) is 187 cm³/mol. The molecule has 36 heavy (non-hydrogen) atoms. The average Bonchev–Trinajstić information content (AvgIpc) is 2.72. The third-order valence-electron chi connectivity index (χ3n) is 5.83. The summed E-state index contributed by atoms with van der Waals surface area (Å²) in [6.07, 6.45) is 10.6. The van der Waals surface area contributed by atoms with Crippen molar-refractivity contribution in [3.05, 3.63) is 0 Å². The normalized spacial score (nSPS) is 15.4. The smallest absolute Gasteiger partial charge is 0.218 e. The number of thiol groups is 2. The Morgan fingerprint density at radius 2 is 0.889 bits per heavy atom. The van der Waals surface area contributed by atoms with Crippen molar-refractivity contribution in [2.45, 2.75) is 129 Å². The molecule has 0 aliphatic rings. The van der Waals surface area contributed by atoms with Crippen LogP contribution >= 0.6 is 90.9 Å². The van der Waals surface area contributed by atoms with Gasteiger partial charge in [-0.15, -0.1) is 0 Å². The summed E-state index contributed by atoms with van der Waals surface area (Å²) in [5.41, 5.74) is 0. The van der Waals surface area contributed by atoms with Gasteiger partial charge in [-0.05, 0) is 141 Å². The highest BCUT2D eigenvalue weighted by Crippen LogP contribution is 2.57. The molecule has 0 rings (SSSR count). The molecular formula is C26H50O2S8. The first-order chi connectivity index (χ1) is 16.7. The van der Waals surface area contributed by atoms with Crippen LogP contribution in [-0.4, -0.2) is 18.6 Å². The Kier molecular flexibility index (Phi) is 21.8. The highest BCUT2D eigenvalue weighted by atomic mass is 33.7. The van der Waals surface area contributed by atoms with Crippen molar-refractivity contribution in [2.24, 2.45) is 23.7 Å². The SMILES string of the molecule is CC(C)CCCC(CCC(C)C)(OC(=S)S)SSSSC(CCCC(C)C)(CCC(C)C)OC(=S)S. The van der Waals surface area contributed by atoms with Gasteiger partial charge in [0.25, 0.3) is 0 Å². The molecule has 0 heterocycles. The minimum absolute atomic E-state index is 0.331. The number of hydrogen-bond acceptors (Lipinski definition) is 8. The van der Waals surface area contributed by atoms with Crippen LogP contribution in [0, 0.1) is 23.7 Å². The Bertz CT molecular complexity index is 563. The molecule has 0 aromatic heterocycles. The lowest BCUT2D eigenvalue weighted by atomic mass is 9.98. The second-order valence-corrected chi connectivity index (χ2v) is 19.8.